The zero-order valence-corrected chi connectivity index (χ0v) is 12.2. The number of carbonyl (C=O) groups excluding carboxylic acids is 2. The summed E-state index contributed by atoms with van der Waals surface area (Å²) in [5.41, 5.74) is 0.461. The molecule has 2 amide bonds. The van der Waals surface area contributed by atoms with Crippen LogP contribution in [0, 0.1) is 0 Å². The molecule has 0 radical (unpaired) electrons. The van der Waals surface area contributed by atoms with E-state index in [1.54, 1.807) is 19.2 Å². The molecule has 0 aliphatic rings. The van der Waals surface area contributed by atoms with Crippen LogP contribution in [0.3, 0.4) is 0 Å². The molecule has 1 aromatic rings. The number of pyridine rings is 1. The Morgan fingerprint density at radius 2 is 2.11 bits per heavy atom. The predicted octanol–water partition coefficient (Wildman–Crippen LogP) is 0.727. The second kappa shape index (κ2) is 8.60. The number of hydrogen-bond acceptors (Lipinski definition) is 4. The summed E-state index contributed by atoms with van der Waals surface area (Å²) in [4.78, 5) is 27.0. The Hall–Kier alpha value is -1.47. The summed E-state index contributed by atoms with van der Waals surface area (Å²) in [6, 6.07) is 3.34. The van der Waals surface area contributed by atoms with Crippen LogP contribution in [0.2, 0.25) is 0 Å². The van der Waals surface area contributed by atoms with Crippen LogP contribution in [-0.4, -0.2) is 43.6 Å². The first-order valence-corrected chi connectivity index (χ1v) is 6.58. The molecule has 0 saturated heterocycles. The fraction of sp³-hybridized carbons (Fsp3) is 0.417. The van der Waals surface area contributed by atoms with Gasteiger partial charge in [0.1, 0.15) is 4.60 Å². The van der Waals surface area contributed by atoms with Crippen LogP contribution in [0.15, 0.2) is 22.9 Å². The highest BCUT2D eigenvalue weighted by Gasteiger charge is 2.06. The van der Waals surface area contributed by atoms with Gasteiger partial charge in [-0.25, -0.2) is 4.98 Å². The lowest BCUT2D eigenvalue weighted by Gasteiger charge is -2.06. The van der Waals surface area contributed by atoms with E-state index in [-0.39, 0.29) is 24.8 Å². The third kappa shape index (κ3) is 6.30. The normalized spacial score (nSPS) is 10.0. The fourth-order valence-corrected chi connectivity index (χ4v) is 1.52. The summed E-state index contributed by atoms with van der Waals surface area (Å²) in [6.07, 6.45) is 1.71. The zero-order valence-electron chi connectivity index (χ0n) is 10.6. The molecule has 0 spiro atoms. The van der Waals surface area contributed by atoms with E-state index >= 15 is 0 Å². The van der Waals surface area contributed by atoms with Crippen molar-refractivity contribution in [1.82, 2.24) is 15.6 Å². The van der Waals surface area contributed by atoms with Crippen LogP contribution in [-0.2, 0) is 9.53 Å². The summed E-state index contributed by atoms with van der Waals surface area (Å²) in [7, 11) is 1.57. The minimum Gasteiger partial charge on any atom is -0.383 e. The van der Waals surface area contributed by atoms with E-state index in [2.05, 4.69) is 31.5 Å². The molecule has 104 valence electrons. The summed E-state index contributed by atoms with van der Waals surface area (Å²) >= 11 is 3.19. The van der Waals surface area contributed by atoms with Crippen LogP contribution in [0.1, 0.15) is 16.8 Å². The van der Waals surface area contributed by atoms with Crippen molar-refractivity contribution < 1.29 is 14.3 Å². The van der Waals surface area contributed by atoms with Gasteiger partial charge in [-0.15, -0.1) is 0 Å². The first kappa shape index (κ1) is 15.6. The molecule has 0 fully saturated rings. The molecular formula is C12H16BrN3O3. The van der Waals surface area contributed by atoms with Gasteiger partial charge in [0.05, 0.1) is 12.2 Å². The van der Waals surface area contributed by atoms with Gasteiger partial charge in [0, 0.05) is 32.8 Å². The molecule has 7 heteroatoms. The highest BCUT2D eigenvalue weighted by Crippen LogP contribution is 2.05. The van der Waals surface area contributed by atoms with Crippen LogP contribution >= 0.6 is 15.9 Å². The summed E-state index contributed by atoms with van der Waals surface area (Å²) in [5, 5.41) is 5.32. The highest BCUT2D eigenvalue weighted by atomic mass is 79.9. The van der Waals surface area contributed by atoms with Crippen molar-refractivity contribution in [3.63, 3.8) is 0 Å². The maximum absolute atomic E-state index is 11.7. The van der Waals surface area contributed by atoms with Gasteiger partial charge < -0.3 is 15.4 Å². The molecule has 1 aromatic heterocycles. The van der Waals surface area contributed by atoms with Crippen molar-refractivity contribution in [3.8, 4) is 0 Å². The van der Waals surface area contributed by atoms with Crippen LogP contribution in [0.4, 0.5) is 0 Å². The number of amides is 2. The lowest BCUT2D eigenvalue weighted by atomic mass is 10.2. The Morgan fingerprint density at radius 1 is 1.32 bits per heavy atom. The topological polar surface area (TPSA) is 80.3 Å². The number of halogens is 1. The van der Waals surface area contributed by atoms with E-state index in [0.29, 0.717) is 23.3 Å². The lowest BCUT2D eigenvalue weighted by molar-refractivity contribution is -0.121. The van der Waals surface area contributed by atoms with Gasteiger partial charge >= 0.3 is 0 Å². The van der Waals surface area contributed by atoms with Crippen LogP contribution in [0.5, 0.6) is 0 Å². The maximum Gasteiger partial charge on any atom is 0.252 e. The van der Waals surface area contributed by atoms with E-state index in [1.807, 2.05) is 0 Å². The second-order valence-electron chi connectivity index (χ2n) is 3.72. The molecule has 0 aliphatic carbocycles. The highest BCUT2D eigenvalue weighted by molar-refractivity contribution is 9.10. The van der Waals surface area contributed by atoms with E-state index in [1.165, 1.54) is 6.20 Å². The summed E-state index contributed by atoms with van der Waals surface area (Å²) in [6.45, 7) is 1.23. The molecule has 0 unspecified atom stereocenters. The first-order valence-electron chi connectivity index (χ1n) is 5.79. The van der Waals surface area contributed by atoms with Crippen molar-refractivity contribution in [3.05, 3.63) is 28.5 Å². The summed E-state index contributed by atoms with van der Waals surface area (Å²) < 4.78 is 5.48. The average Bonchev–Trinajstić information content (AvgIpc) is 2.39. The quantitative estimate of drug-likeness (QED) is 0.570. The van der Waals surface area contributed by atoms with Crippen molar-refractivity contribution >= 4 is 27.7 Å². The van der Waals surface area contributed by atoms with Gasteiger partial charge in [0.25, 0.3) is 5.91 Å². The molecule has 6 nitrogen and oxygen atoms in total. The number of methoxy groups -OCH3 is 1. The predicted molar refractivity (Wildman–Crippen MR) is 73.8 cm³/mol. The smallest absolute Gasteiger partial charge is 0.252 e. The Morgan fingerprint density at radius 3 is 2.74 bits per heavy atom. The fourth-order valence-electron chi connectivity index (χ4n) is 1.28. The SMILES string of the molecule is COCCNC(=O)CCNC(=O)c1ccc(Br)nc1. The van der Waals surface area contributed by atoms with Gasteiger partial charge in [0.15, 0.2) is 0 Å². The largest absolute Gasteiger partial charge is 0.383 e. The van der Waals surface area contributed by atoms with Gasteiger partial charge in [-0.05, 0) is 28.1 Å². The van der Waals surface area contributed by atoms with Crippen molar-refractivity contribution in [1.29, 1.82) is 0 Å². The molecule has 0 atom stereocenters. The second-order valence-corrected chi connectivity index (χ2v) is 4.53. The van der Waals surface area contributed by atoms with Gasteiger partial charge in [-0.2, -0.15) is 0 Å². The van der Waals surface area contributed by atoms with E-state index in [0.717, 1.165) is 0 Å². The standard InChI is InChI=1S/C12H16BrN3O3/c1-19-7-6-14-11(17)4-5-15-12(18)9-2-3-10(13)16-8-9/h2-3,8H,4-7H2,1H3,(H,14,17)(H,15,18). The third-order valence-corrected chi connectivity index (χ3v) is 2.72. The molecule has 2 N–H and O–H groups in total. The van der Waals surface area contributed by atoms with Crippen molar-refractivity contribution in [2.75, 3.05) is 26.8 Å². The minimum atomic E-state index is -0.246. The number of nitrogens with zero attached hydrogens (tertiary/aromatic N) is 1. The molecule has 0 saturated carbocycles. The van der Waals surface area contributed by atoms with Crippen LogP contribution in [0.25, 0.3) is 0 Å². The number of hydrogen-bond donors (Lipinski definition) is 2. The van der Waals surface area contributed by atoms with Gasteiger partial charge in [-0.1, -0.05) is 0 Å². The number of rotatable bonds is 7. The average molecular weight is 330 g/mol. The Bertz CT molecular complexity index is 423. The summed E-state index contributed by atoms with van der Waals surface area (Å²) in [5.74, 6) is -0.365. The van der Waals surface area contributed by atoms with E-state index in [9.17, 15) is 9.59 Å². The first-order chi connectivity index (χ1) is 9.13. The third-order valence-electron chi connectivity index (χ3n) is 2.26. The van der Waals surface area contributed by atoms with Gasteiger partial charge in [-0.3, -0.25) is 9.59 Å². The zero-order chi connectivity index (χ0) is 14.1. The number of carbonyl (C=O) groups is 2. The van der Waals surface area contributed by atoms with Gasteiger partial charge in [0.2, 0.25) is 5.91 Å². The molecule has 1 heterocycles. The molecule has 1 rings (SSSR count). The molecule has 0 aliphatic heterocycles. The van der Waals surface area contributed by atoms with E-state index < -0.39 is 0 Å². The van der Waals surface area contributed by atoms with Crippen LogP contribution < -0.4 is 10.6 Å². The maximum atomic E-state index is 11.7. The molecule has 0 aromatic carbocycles. The Labute approximate surface area is 120 Å². The minimum absolute atomic E-state index is 0.119. The molecule has 0 bridgehead atoms. The Balaban J connectivity index is 2.23. The molecule has 19 heavy (non-hydrogen) atoms. The Kier molecular flexibility index (Phi) is 7.06. The number of nitrogens with one attached hydrogen (secondary N) is 2. The van der Waals surface area contributed by atoms with Crippen molar-refractivity contribution in [2.24, 2.45) is 0 Å². The number of ether oxygens (including phenoxy) is 1. The lowest BCUT2D eigenvalue weighted by Crippen LogP contribution is -2.32. The molecular weight excluding hydrogens is 314 g/mol. The van der Waals surface area contributed by atoms with Crippen molar-refractivity contribution in [2.45, 2.75) is 6.42 Å². The van der Waals surface area contributed by atoms with E-state index in [4.69, 9.17) is 4.74 Å². The monoisotopic (exact) mass is 329 g/mol. The number of aromatic nitrogens is 1.